The molecule has 0 unspecified atom stereocenters. The van der Waals surface area contributed by atoms with Crippen molar-refractivity contribution >= 4 is 23.2 Å². The topological polar surface area (TPSA) is 76.6 Å². The average molecular weight is 304 g/mol. The minimum absolute atomic E-state index is 0.196. The van der Waals surface area contributed by atoms with Gasteiger partial charge >= 0.3 is 5.97 Å². The lowest BCUT2D eigenvalue weighted by molar-refractivity contribution is 0.0693. The van der Waals surface area contributed by atoms with Crippen LogP contribution in [0.15, 0.2) is 41.3 Å². The predicted molar refractivity (Wildman–Crippen MR) is 77.5 cm³/mol. The van der Waals surface area contributed by atoms with Gasteiger partial charge in [0.15, 0.2) is 5.65 Å². The molecule has 106 valence electrons. The van der Waals surface area contributed by atoms with Gasteiger partial charge in [-0.25, -0.2) is 9.78 Å². The van der Waals surface area contributed by atoms with Gasteiger partial charge in [-0.15, -0.1) is 0 Å². The molecule has 7 heteroatoms. The molecular formula is C14H10ClN3O3. The number of hydrogen-bond donors (Lipinski definition) is 1. The van der Waals surface area contributed by atoms with E-state index >= 15 is 0 Å². The van der Waals surface area contributed by atoms with Gasteiger partial charge < -0.3 is 5.11 Å². The molecule has 21 heavy (non-hydrogen) atoms. The van der Waals surface area contributed by atoms with E-state index in [1.807, 2.05) is 0 Å². The minimum atomic E-state index is -1.29. The van der Waals surface area contributed by atoms with E-state index in [0.29, 0.717) is 16.4 Å². The Balaban J connectivity index is 2.36. The van der Waals surface area contributed by atoms with Gasteiger partial charge in [0.05, 0.1) is 11.4 Å². The summed E-state index contributed by atoms with van der Waals surface area (Å²) in [5, 5.41) is 9.73. The van der Waals surface area contributed by atoms with Gasteiger partial charge in [0.25, 0.3) is 5.56 Å². The molecule has 0 saturated carbocycles. The number of fused-ring (bicyclic) bond motifs is 1. The fraction of sp³-hybridized carbons (Fsp3) is 0.0714. The van der Waals surface area contributed by atoms with Gasteiger partial charge in [-0.3, -0.25) is 9.48 Å². The van der Waals surface area contributed by atoms with E-state index in [4.69, 9.17) is 16.7 Å². The summed E-state index contributed by atoms with van der Waals surface area (Å²) in [5.41, 5.74) is 0.309. The highest BCUT2D eigenvalue weighted by Gasteiger charge is 2.18. The summed E-state index contributed by atoms with van der Waals surface area (Å²) in [7, 11) is 0. The van der Waals surface area contributed by atoms with Crippen LogP contribution in [0.25, 0.3) is 11.3 Å². The van der Waals surface area contributed by atoms with Gasteiger partial charge in [0.1, 0.15) is 5.56 Å². The predicted octanol–water partition coefficient (Wildman–Crippen LogP) is 2.15. The zero-order valence-electron chi connectivity index (χ0n) is 10.9. The Bertz CT molecular complexity index is 910. The highest BCUT2D eigenvalue weighted by Crippen LogP contribution is 2.14. The number of rotatable bonds is 2. The maximum Gasteiger partial charge on any atom is 0.343 e. The first-order valence-electron chi connectivity index (χ1n) is 6.09. The van der Waals surface area contributed by atoms with Crippen molar-refractivity contribution in [3.63, 3.8) is 0 Å². The van der Waals surface area contributed by atoms with Crippen molar-refractivity contribution in [1.82, 2.24) is 14.2 Å². The van der Waals surface area contributed by atoms with E-state index in [9.17, 15) is 9.59 Å². The molecule has 3 aromatic rings. The molecule has 0 bridgehead atoms. The molecule has 0 spiro atoms. The average Bonchev–Trinajstić information content (AvgIpc) is 2.83. The van der Waals surface area contributed by atoms with Crippen molar-refractivity contribution in [3.8, 4) is 5.69 Å². The van der Waals surface area contributed by atoms with E-state index in [2.05, 4.69) is 4.98 Å². The Morgan fingerprint density at radius 2 is 1.90 bits per heavy atom. The van der Waals surface area contributed by atoms with Crippen molar-refractivity contribution in [2.24, 2.45) is 0 Å². The van der Waals surface area contributed by atoms with E-state index in [1.165, 1.54) is 16.1 Å². The Morgan fingerprint density at radius 1 is 1.24 bits per heavy atom. The molecule has 0 aliphatic heterocycles. The van der Waals surface area contributed by atoms with Gasteiger partial charge in [0, 0.05) is 17.3 Å². The standard InChI is InChI=1S/C14H10ClN3O3/c1-8-12(14(20)21)13(19)18-11(16-8)6-7-17(18)10-4-2-9(15)3-5-10/h2-7H,1H3,(H,20,21). The molecule has 3 rings (SSSR count). The highest BCUT2D eigenvalue weighted by atomic mass is 35.5. The molecule has 2 heterocycles. The van der Waals surface area contributed by atoms with Crippen LogP contribution in [-0.4, -0.2) is 25.3 Å². The number of benzene rings is 1. The number of aromatic nitrogens is 3. The number of aryl methyl sites for hydroxylation is 1. The van der Waals surface area contributed by atoms with E-state index in [1.54, 1.807) is 36.5 Å². The van der Waals surface area contributed by atoms with Crippen LogP contribution in [0.4, 0.5) is 0 Å². The normalized spacial score (nSPS) is 11.0. The van der Waals surface area contributed by atoms with E-state index in [-0.39, 0.29) is 11.3 Å². The number of halogens is 1. The lowest BCUT2D eigenvalue weighted by Crippen LogP contribution is -2.28. The van der Waals surface area contributed by atoms with Crippen molar-refractivity contribution in [1.29, 1.82) is 0 Å². The summed E-state index contributed by atoms with van der Waals surface area (Å²) in [6, 6.07) is 8.48. The second-order valence-electron chi connectivity index (χ2n) is 4.49. The first-order valence-corrected chi connectivity index (χ1v) is 6.47. The van der Waals surface area contributed by atoms with Gasteiger partial charge in [-0.2, -0.15) is 4.52 Å². The van der Waals surface area contributed by atoms with Crippen molar-refractivity contribution in [2.45, 2.75) is 6.92 Å². The second kappa shape index (κ2) is 4.75. The van der Waals surface area contributed by atoms with Crippen LogP contribution in [0.3, 0.4) is 0 Å². The SMILES string of the molecule is Cc1nc2ccn(-c3ccc(Cl)cc3)n2c(=O)c1C(=O)O. The lowest BCUT2D eigenvalue weighted by atomic mass is 10.2. The molecule has 0 saturated heterocycles. The van der Waals surface area contributed by atoms with Gasteiger partial charge in [-0.1, -0.05) is 11.6 Å². The number of aromatic carboxylic acids is 1. The number of carboxylic acid groups (broad SMARTS) is 1. The molecule has 0 aliphatic rings. The quantitative estimate of drug-likeness (QED) is 0.787. The Morgan fingerprint density at radius 3 is 2.52 bits per heavy atom. The third kappa shape index (κ3) is 2.09. The number of carboxylic acids is 1. The molecule has 1 aromatic carbocycles. The lowest BCUT2D eigenvalue weighted by Gasteiger charge is -2.08. The molecule has 0 aliphatic carbocycles. The zero-order chi connectivity index (χ0) is 15.1. The van der Waals surface area contributed by atoms with Crippen LogP contribution < -0.4 is 5.56 Å². The van der Waals surface area contributed by atoms with E-state index < -0.39 is 11.5 Å². The Labute approximate surface area is 123 Å². The van der Waals surface area contributed by atoms with Crippen LogP contribution in [0.2, 0.25) is 5.02 Å². The monoisotopic (exact) mass is 303 g/mol. The summed E-state index contributed by atoms with van der Waals surface area (Å²) < 4.78 is 2.76. The molecule has 0 amide bonds. The van der Waals surface area contributed by atoms with Crippen LogP contribution in [0.5, 0.6) is 0 Å². The van der Waals surface area contributed by atoms with Crippen LogP contribution in [0, 0.1) is 6.92 Å². The Kier molecular flexibility index (Phi) is 3.03. The molecular weight excluding hydrogens is 294 g/mol. The fourth-order valence-electron chi connectivity index (χ4n) is 2.20. The largest absolute Gasteiger partial charge is 0.477 e. The highest BCUT2D eigenvalue weighted by molar-refractivity contribution is 6.30. The Hall–Kier alpha value is -2.60. The smallest absolute Gasteiger partial charge is 0.343 e. The molecule has 0 fully saturated rings. The molecule has 6 nitrogen and oxygen atoms in total. The van der Waals surface area contributed by atoms with E-state index in [0.717, 1.165) is 0 Å². The second-order valence-corrected chi connectivity index (χ2v) is 4.93. The molecule has 2 aromatic heterocycles. The van der Waals surface area contributed by atoms with Crippen molar-refractivity contribution < 1.29 is 9.90 Å². The number of hydrogen-bond acceptors (Lipinski definition) is 3. The first kappa shape index (κ1) is 13.4. The first-order chi connectivity index (χ1) is 9.99. The molecule has 0 radical (unpaired) electrons. The van der Waals surface area contributed by atoms with Crippen molar-refractivity contribution in [3.05, 3.63) is 63.2 Å². The van der Waals surface area contributed by atoms with Crippen LogP contribution >= 0.6 is 11.6 Å². The summed E-state index contributed by atoms with van der Waals surface area (Å²) >= 11 is 5.84. The molecule has 0 atom stereocenters. The minimum Gasteiger partial charge on any atom is -0.477 e. The maximum absolute atomic E-state index is 12.4. The van der Waals surface area contributed by atoms with Crippen LogP contribution in [0.1, 0.15) is 16.1 Å². The molecule has 1 N–H and O–H groups in total. The number of nitrogens with zero attached hydrogens (tertiary/aromatic N) is 3. The third-order valence-corrected chi connectivity index (χ3v) is 3.40. The fourth-order valence-corrected chi connectivity index (χ4v) is 2.33. The maximum atomic E-state index is 12.4. The summed E-state index contributed by atoms with van der Waals surface area (Å²) in [5.74, 6) is -1.29. The third-order valence-electron chi connectivity index (χ3n) is 3.15. The number of carbonyl (C=O) groups is 1. The van der Waals surface area contributed by atoms with Gasteiger partial charge in [-0.05, 0) is 31.2 Å². The zero-order valence-corrected chi connectivity index (χ0v) is 11.7. The van der Waals surface area contributed by atoms with Crippen LogP contribution in [-0.2, 0) is 0 Å². The van der Waals surface area contributed by atoms with Gasteiger partial charge in [0.2, 0.25) is 0 Å². The van der Waals surface area contributed by atoms with Crippen molar-refractivity contribution in [2.75, 3.05) is 0 Å². The summed E-state index contributed by atoms with van der Waals surface area (Å²) in [6.45, 7) is 1.50. The summed E-state index contributed by atoms with van der Waals surface area (Å²) in [6.07, 6.45) is 1.65. The summed E-state index contributed by atoms with van der Waals surface area (Å²) in [4.78, 5) is 27.8.